The Kier molecular flexibility index (Phi) is 3.07. The van der Waals surface area contributed by atoms with Crippen LogP contribution in [0.2, 0.25) is 0 Å². The zero-order chi connectivity index (χ0) is 10.6. The predicted octanol–water partition coefficient (Wildman–Crippen LogP) is -0.0999. The van der Waals surface area contributed by atoms with Crippen molar-refractivity contribution in [1.82, 2.24) is 9.55 Å². The molecule has 0 saturated heterocycles. The van der Waals surface area contributed by atoms with Gasteiger partial charge in [0, 0.05) is 6.92 Å². The van der Waals surface area contributed by atoms with E-state index >= 15 is 0 Å². The lowest BCUT2D eigenvalue weighted by molar-refractivity contribution is -0.141. The van der Waals surface area contributed by atoms with E-state index in [-0.39, 0.29) is 24.1 Å². The fourth-order valence-electron chi connectivity index (χ4n) is 0.977. The molecule has 0 unspecified atom stereocenters. The highest BCUT2D eigenvalue weighted by Gasteiger charge is 2.06. The number of carbonyl (C=O) groups is 1. The molecule has 6 nitrogen and oxygen atoms in total. The van der Waals surface area contributed by atoms with Crippen molar-refractivity contribution in [2.75, 3.05) is 12.3 Å². The molecule has 6 heteroatoms. The second-order valence-electron chi connectivity index (χ2n) is 2.62. The second-order valence-corrected chi connectivity index (χ2v) is 2.62. The maximum Gasteiger partial charge on any atom is 0.302 e. The van der Waals surface area contributed by atoms with Gasteiger partial charge in [0.05, 0.1) is 12.9 Å². The van der Waals surface area contributed by atoms with Crippen LogP contribution in [0, 0.1) is 11.3 Å². The van der Waals surface area contributed by atoms with Gasteiger partial charge in [-0.15, -0.1) is 0 Å². The van der Waals surface area contributed by atoms with E-state index in [1.54, 1.807) is 0 Å². The van der Waals surface area contributed by atoms with Gasteiger partial charge < -0.3 is 15.0 Å². The molecule has 0 amide bonds. The average molecular weight is 194 g/mol. The lowest BCUT2D eigenvalue weighted by Gasteiger charge is -2.03. The van der Waals surface area contributed by atoms with E-state index in [9.17, 15) is 4.79 Å². The van der Waals surface area contributed by atoms with E-state index in [0.29, 0.717) is 6.54 Å². The smallest absolute Gasteiger partial charge is 0.302 e. The zero-order valence-electron chi connectivity index (χ0n) is 7.73. The van der Waals surface area contributed by atoms with Crippen LogP contribution in [0.1, 0.15) is 12.6 Å². The summed E-state index contributed by atoms with van der Waals surface area (Å²) in [6.07, 6.45) is 1.44. The Hall–Kier alpha value is -2.03. The third kappa shape index (κ3) is 2.23. The monoisotopic (exact) mass is 194 g/mol. The summed E-state index contributed by atoms with van der Waals surface area (Å²) >= 11 is 0. The number of imidazole rings is 1. The Morgan fingerprint density at radius 3 is 3.14 bits per heavy atom. The largest absolute Gasteiger partial charge is 0.464 e. The van der Waals surface area contributed by atoms with Gasteiger partial charge in [0.25, 0.3) is 0 Å². The average Bonchev–Trinajstić information content (AvgIpc) is 2.46. The van der Waals surface area contributed by atoms with E-state index in [0.717, 1.165) is 0 Å². The van der Waals surface area contributed by atoms with Crippen LogP contribution in [-0.4, -0.2) is 22.1 Å². The van der Waals surface area contributed by atoms with Gasteiger partial charge in [-0.05, 0) is 0 Å². The van der Waals surface area contributed by atoms with Crippen LogP contribution in [0.4, 0.5) is 5.82 Å². The number of carbonyl (C=O) groups excluding carboxylic acids is 1. The molecule has 1 aromatic rings. The lowest BCUT2D eigenvalue weighted by atomic mass is 10.4. The molecule has 1 heterocycles. The van der Waals surface area contributed by atoms with E-state index in [4.69, 9.17) is 15.7 Å². The molecule has 0 spiro atoms. The number of nitriles is 1. The SMILES string of the molecule is CC(=O)OCCn1cnc(N)c1C#N. The van der Waals surface area contributed by atoms with Crippen molar-refractivity contribution in [3.05, 3.63) is 12.0 Å². The summed E-state index contributed by atoms with van der Waals surface area (Å²) in [5, 5.41) is 8.70. The highest BCUT2D eigenvalue weighted by Crippen LogP contribution is 2.07. The summed E-state index contributed by atoms with van der Waals surface area (Å²) in [6.45, 7) is 1.92. The number of esters is 1. The van der Waals surface area contributed by atoms with E-state index in [1.807, 2.05) is 6.07 Å². The molecule has 0 atom stereocenters. The van der Waals surface area contributed by atoms with Crippen molar-refractivity contribution in [2.45, 2.75) is 13.5 Å². The summed E-state index contributed by atoms with van der Waals surface area (Å²) in [7, 11) is 0. The number of anilines is 1. The van der Waals surface area contributed by atoms with Crippen LogP contribution in [0.3, 0.4) is 0 Å². The maximum atomic E-state index is 10.5. The van der Waals surface area contributed by atoms with Gasteiger partial charge in [0.1, 0.15) is 12.7 Å². The minimum absolute atomic E-state index is 0.190. The number of nitrogen functional groups attached to an aromatic ring is 1. The summed E-state index contributed by atoms with van der Waals surface area (Å²) in [4.78, 5) is 14.2. The Bertz CT molecular complexity index is 377. The summed E-state index contributed by atoms with van der Waals surface area (Å²) in [5.74, 6) is -0.160. The van der Waals surface area contributed by atoms with Gasteiger partial charge in [0.15, 0.2) is 11.5 Å². The first-order valence-electron chi connectivity index (χ1n) is 3.99. The first-order valence-corrected chi connectivity index (χ1v) is 3.99. The van der Waals surface area contributed by atoms with Crippen molar-refractivity contribution in [3.63, 3.8) is 0 Å². The predicted molar refractivity (Wildman–Crippen MR) is 48.0 cm³/mol. The van der Waals surface area contributed by atoms with Crippen LogP contribution < -0.4 is 5.73 Å². The van der Waals surface area contributed by atoms with Gasteiger partial charge >= 0.3 is 5.97 Å². The number of nitrogens with zero attached hydrogens (tertiary/aromatic N) is 3. The number of hydrogen-bond donors (Lipinski definition) is 1. The number of nitrogens with two attached hydrogens (primary N) is 1. The molecule has 0 aliphatic heterocycles. The third-order valence-electron chi connectivity index (χ3n) is 1.61. The first kappa shape index (κ1) is 10.1. The number of ether oxygens (including phenoxy) is 1. The molecule has 0 aliphatic carbocycles. The molecule has 2 N–H and O–H groups in total. The van der Waals surface area contributed by atoms with Gasteiger partial charge in [-0.2, -0.15) is 5.26 Å². The number of rotatable bonds is 3. The highest BCUT2D eigenvalue weighted by atomic mass is 16.5. The molecule has 0 aromatic carbocycles. The van der Waals surface area contributed by atoms with Crippen molar-refractivity contribution >= 4 is 11.8 Å². The van der Waals surface area contributed by atoms with Crippen molar-refractivity contribution in [3.8, 4) is 6.07 Å². The minimum Gasteiger partial charge on any atom is -0.464 e. The molecular weight excluding hydrogens is 184 g/mol. The van der Waals surface area contributed by atoms with Gasteiger partial charge in [0.2, 0.25) is 0 Å². The van der Waals surface area contributed by atoms with Crippen LogP contribution in [0.15, 0.2) is 6.33 Å². The summed E-state index contributed by atoms with van der Waals surface area (Å²) in [5.41, 5.74) is 5.71. The van der Waals surface area contributed by atoms with Crippen molar-refractivity contribution in [2.24, 2.45) is 0 Å². The van der Waals surface area contributed by atoms with Crippen LogP contribution in [-0.2, 0) is 16.1 Å². The summed E-state index contributed by atoms with van der Waals surface area (Å²) in [6, 6.07) is 1.92. The fourth-order valence-corrected chi connectivity index (χ4v) is 0.977. The normalized spacial score (nSPS) is 9.43. The van der Waals surface area contributed by atoms with Gasteiger partial charge in [-0.1, -0.05) is 0 Å². The Morgan fingerprint density at radius 2 is 2.57 bits per heavy atom. The zero-order valence-corrected chi connectivity index (χ0v) is 7.73. The molecular formula is C8H10N4O2. The van der Waals surface area contributed by atoms with Crippen molar-refractivity contribution < 1.29 is 9.53 Å². The topological polar surface area (TPSA) is 93.9 Å². The molecule has 0 aliphatic rings. The molecule has 1 rings (SSSR count). The first-order chi connectivity index (χ1) is 6.65. The number of aromatic nitrogens is 2. The van der Waals surface area contributed by atoms with Crippen LogP contribution in [0.25, 0.3) is 0 Å². The standard InChI is InChI=1S/C8H10N4O2/c1-6(13)14-3-2-12-5-11-8(10)7(12)4-9/h5H,2-3,10H2,1H3. The van der Waals surface area contributed by atoms with Crippen LogP contribution >= 0.6 is 0 Å². The second kappa shape index (κ2) is 4.28. The molecule has 0 fully saturated rings. The van der Waals surface area contributed by atoms with Gasteiger partial charge in [-0.25, -0.2) is 4.98 Å². The number of hydrogen-bond acceptors (Lipinski definition) is 5. The Morgan fingerprint density at radius 1 is 1.86 bits per heavy atom. The Labute approximate surface area is 80.9 Å². The lowest BCUT2D eigenvalue weighted by Crippen LogP contribution is -2.09. The highest BCUT2D eigenvalue weighted by molar-refractivity contribution is 5.65. The quantitative estimate of drug-likeness (QED) is 0.678. The van der Waals surface area contributed by atoms with Crippen LogP contribution in [0.5, 0.6) is 0 Å². The van der Waals surface area contributed by atoms with E-state index in [2.05, 4.69) is 4.98 Å². The van der Waals surface area contributed by atoms with E-state index < -0.39 is 0 Å². The fraction of sp³-hybridized carbons (Fsp3) is 0.375. The Balaban J connectivity index is 2.59. The molecule has 1 aromatic heterocycles. The molecule has 14 heavy (non-hydrogen) atoms. The maximum absolute atomic E-state index is 10.5. The molecule has 0 radical (unpaired) electrons. The van der Waals surface area contributed by atoms with E-state index in [1.165, 1.54) is 17.8 Å². The summed E-state index contributed by atoms with van der Waals surface area (Å²) < 4.78 is 6.26. The molecule has 74 valence electrons. The van der Waals surface area contributed by atoms with Crippen molar-refractivity contribution in [1.29, 1.82) is 5.26 Å². The molecule has 0 saturated carbocycles. The third-order valence-corrected chi connectivity index (χ3v) is 1.61. The van der Waals surface area contributed by atoms with Gasteiger partial charge in [-0.3, -0.25) is 4.79 Å². The minimum atomic E-state index is -0.350. The molecule has 0 bridgehead atoms.